The SMILES string of the molecule is Cc1nc(C(O)c2c(C(C)C)nc3c(c2C2=CCOCC2)C(O)CC(C)(C)C3)sc1C(C)(C)C. The second-order valence-electron chi connectivity index (χ2n) is 12.0. The number of ether oxygens (including phenoxy) is 1. The average Bonchev–Trinajstić information content (AvgIpc) is 3.14. The molecule has 2 aliphatic rings. The van der Waals surface area contributed by atoms with Gasteiger partial charge in [-0.25, -0.2) is 4.98 Å². The molecule has 2 aromatic heterocycles. The summed E-state index contributed by atoms with van der Waals surface area (Å²) in [6, 6.07) is 0. The van der Waals surface area contributed by atoms with Gasteiger partial charge in [-0.15, -0.1) is 11.3 Å². The lowest BCUT2D eigenvalue weighted by Crippen LogP contribution is -2.30. The number of aliphatic hydroxyl groups excluding tert-OH is 2. The predicted octanol–water partition coefficient (Wildman–Crippen LogP) is 6.16. The Hall–Kier alpha value is -1.60. The number of aromatic nitrogens is 2. The van der Waals surface area contributed by atoms with E-state index in [1.54, 1.807) is 11.3 Å². The monoisotopic (exact) mass is 484 g/mol. The maximum atomic E-state index is 11.9. The van der Waals surface area contributed by atoms with E-state index in [-0.39, 0.29) is 16.7 Å². The standard InChI is InChI=1S/C28H40N2O3S/c1-15(2)23-22(24(32)26-29-16(3)25(34-26)27(4,5)6)20(17-9-11-33-12-10-17)21-18(30-23)13-28(7,8)14-19(21)31/h9,15,19,24,31-32H,10-14H2,1-8H3. The van der Waals surface area contributed by atoms with E-state index in [4.69, 9.17) is 14.7 Å². The smallest absolute Gasteiger partial charge is 0.133 e. The number of hydrogen-bond acceptors (Lipinski definition) is 6. The second-order valence-corrected chi connectivity index (χ2v) is 13.1. The van der Waals surface area contributed by atoms with E-state index in [1.165, 1.54) is 4.88 Å². The van der Waals surface area contributed by atoms with Gasteiger partial charge in [-0.1, -0.05) is 54.5 Å². The summed E-state index contributed by atoms with van der Waals surface area (Å²) in [5, 5.41) is 24.0. The van der Waals surface area contributed by atoms with Crippen molar-refractivity contribution >= 4 is 16.9 Å². The lowest BCUT2D eigenvalue weighted by molar-refractivity contribution is 0.0970. The van der Waals surface area contributed by atoms with Crippen molar-refractivity contribution in [3.63, 3.8) is 0 Å². The third-order valence-electron chi connectivity index (χ3n) is 6.94. The van der Waals surface area contributed by atoms with Crippen LogP contribution in [0.2, 0.25) is 0 Å². The zero-order valence-electron chi connectivity index (χ0n) is 22.0. The van der Waals surface area contributed by atoms with Crippen LogP contribution in [0, 0.1) is 12.3 Å². The molecule has 0 saturated carbocycles. The molecule has 34 heavy (non-hydrogen) atoms. The van der Waals surface area contributed by atoms with E-state index in [2.05, 4.69) is 54.5 Å². The first kappa shape index (κ1) is 25.5. The third kappa shape index (κ3) is 4.75. The summed E-state index contributed by atoms with van der Waals surface area (Å²) < 4.78 is 5.62. The van der Waals surface area contributed by atoms with Crippen LogP contribution >= 0.6 is 11.3 Å². The minimum atomic E-state index is -0.893. The van der Waals surface area contributed by atoms with Gasteiger partial charge >= 0.3 is 0 Å². The molecule has 0 fully saturated rings. The molecule has 0 spiro atoms. The molecule has 6 heteroatoms. The second kappa shape index (κ2) is 9.12. The maximum absolute atomic E-state index is 11.9. The molecule has 4 rings (SSSR count). The third-order valence-corrected chi connectivity index (χ3v) is 8.57. The van der Waals surface area contributed by atoms with E-state index in [1.807, 2.05) is 6.92 Å². The molecule has 0 bridgehead atoms. The highest BCUT2D eigenvalue weighted by atomic mass is 32.1. The van der Waals surface area contributed by atoms with Crippen molar-refractivity contribution in [3.05, 3.63) is 49.7 Å². The zero-order chi connectivity index (χ0) is 25.0. The van der Waals surface area contributed by atoms with E-state index in [0.717, 1.165) is 52.2 Å². The van der Waals surface area contributed by atoms with Crippen molar-refractivity contribution in [2.24, 2.45) is 5.41 Å². The molecule has 3 heterocycles. The summed E-state index contributed by atoms with van der Waals surface area (Å²) in [4.78, 5) is 11.2. The summed E-state index contributed by atoms with van der Waals surface area (Å²) in [7, 11) is 0. The van der Waals surface area contributed by atoms with Gasteiger partial charge in [0.25, 0.3) is 0 Å². The van der Waals surface area contributed by atoms with Crippen molar-refractivity contribution in [3.8, 4) is 0 Å². The molecule has 2 aromatic rings. The first-order valence-corrected chi connectivity index (χ1v) is 13.3. The van der Waals surface area contributed by atoms with E-state index < -0.39 is 12.2 Å². The molecular weight excluding hydrogens is 444 g/mol. The number of pyridine rings is 1. The van der Waals surface area contributed by atoms with Gasteiger partial charge in [0.1, 0.15) is 11.1 Å². The van der Waals surface area contributed by atoms with Crippen LogP contribution in [0.3, 0.4) is 0 Å². The number of aliphatic hydroxyl groups is 2. The Labute approximate surface area is 208 Å². The zero-order valence-corrected chi connectivity index (χ0v) is 22.8. The van der Waals surface area contributed by atoms with Crippen LogP contribution in [0.25, 0.3) is 5.57 Å². The fraction of sp³-hybridized carbons (Fsp3) is 0.643. The lowest BCUT2D eigenvalue weighted by Gasteiger charge is -2.38. The molecule has 2 N–H and O–H groups in total. The number of fused-ring (bicyclic) bond motifs is 1. The Balaban J connectivity index is 2.00. The number of nitrogens with zero attached hydrogens (tertiary/aromatic N) is 2. The molecule has 1 aliphatic heterocycles. The molecule has 0 saturated heterocycles. The molecule has 0 radical (unpaired) electrons. The van der Waals surface area contributed by atoms with Gasteiger partial charge in [0.15, 0.2) is 0 Å². The number of rotatable bonds is 4. The van der Waals surface area contributed by atoms with Gasteiger partial charge < -0.3 is 14.9 Å². The van der Waals surface area contributed by atoms with Gasteiger partial charge in [0.05, 0.1) is 30.7 Å². The Morgan fingerprint density at radius 1 is 1.21 bits per heavy atom. The molecule has 5 nitrogen and oxygen atoms in total. The summed E-state index contributed by atoms with van der Waals surface area (Å²) in [6.07, 6.45) is 2.86. The molecular formula is C28H40N2O3S. The number of hydrogen-bond donors (Lipinski definition) is 2. The minimum Gasteiger partial charge on any atom is -0.388 e. The van der Waals surface area contributed by atoms with Gasteiger partial charge in [-0.05, 0) is 54.1 Å². The summed E-state index contributed by atoms with van der Waals surface area (Å²) in [5.41, 5.74) is 6.62. The van der Waals surface area contributed by atoms with Crippen molar-refractivity contribution in [1.29, 1.82) is 0 Å². The molecule has 1 aliphatic carbocycles. The van der Waals surface area contributed by atoms with Gasteiger partial charge in [-0.3, -0.25) is 4.98 Å². The highest BCUT2D eigenvalue weighted by Gasteiger charge is 2.39. The highest BCUT2D eigenvalue weighted by Crippen LogP contribution is 2.48. The average molecular weight is 485 g/mol. The molecule has 0 aromatic carbocycles. The normalized spacial score (nSPS) is 21.4. The first-order chi connectivity index (χ1) is 15.8. The Kier molecular flexibility index (Phi) is 6.84. The van der Waals surface area contributed by atoms with E-state index in [9.17, 15) is 10.2 Å². The van der Waals surface area contributed by atoms with Crippen molar-refractivity contribution in [2.75, 3.05) is 13.2 Å². The van der Waals surface area contributed by atoms with Crippen LogP contribution in [-0.4, -0.2) is 33.4 Å². The summed E-state index contributed by atoms with van der Waals surface area (Å²) in [6.45, 7) is 18.4. The summed E-state index contributed by atoms with van der Waals surface area (Å²) in [5.74, 6) is 0.125. The Morgan fingerprint density at radius 2 is 1.91 bits per heavy atom. The Morgan fingerprint density at radius 3 is 2.47 bits per heavy atom. The van der Waals surface area contributed by atoms with Crippen LogP contribution in [0.1, 0.15) is 123 Å². The number of aryl methyl sites for hydroxylation is 1. The quantitative estimate of drug-likeness (QED) is 0.544. The molecule has 0 amide bonds. The van der Waals surface area contributed by atoms with Gasteiger partial charge in [0.2, 0.25) is 0 Å². The van der Waals surface area contributed by atoms with Gasteiger partial charge in [-0.2, -0.15) is 0 Å². The van der Waals surface area contributed by atoms with E-state index >= 15 is 0 Å². The molecule has 186 valence electrons. The molecule has 2 atom stereocenters. The van der Waals surface area contributed by atoms with Crippen molar-refractivity contribution < 1.29 is 14.9 Å². The fourth-order valence-corrected chi connectivity index (χ4v) is 6.62. The van der Waals surface area contributed by atoms with Crippen LogP contribution in [0.15, 0.2) is 6.08 Å². The molecule has 2 unspecified atom stereocenters. The highest BCUT2D eigenvalue weighted by molar-refractivity contribution is 7.12. The largest absolute Gasteiger partial charge is 0.388 e. The fourth-order valence-electron chi connectivity index (χ4n) is 5.50. The first-order valence-electron chi connectivity index (χ1n) is 12.5. The lowest BCUT2D eigenvalue weighted by atomic mass is 9.71. The van der Waals surface area contributed by atoms with Crippen LogP contribution in [-0.2, 0) is 16.6 Å². The number of thiazole rings is 1. The van der Waals surface area contributed by atoms with Crippen LogP contribution in [0.4, 0.5) is 0 Å². The van der Waals surface area contributed by atoms with Crippen molar-refractivity contribution in [1.82, 2.24) is 9.97 Å². The van der Waals surface area contributed by atoms with Crippen molar-refractivity contribution in [2.45, 2.75) is 98.2 Å². The predicted molar refractivity (Wildman–Crippen MR) is 138 cm³/mol. The van der Waals surface area contributed by atoms with Crippen LogP contribution in [0.5, 0.6) is 0 Å². The van der Waals surface area contributed by atoms with Crippen LogP contribution < -0.4 is 0 Å². The Bertz CT molecular complexity index is 1110. The topological polar surface area (TPSA) is 75.5 Å². The summed E-state index contributed by atoms with van der Waals surface area (Å²) >= 11 is 1.59. The minimum absolute atomic E-state index is 0.0246. The van der Waals surface area contributed by atoms with E-state index in [0.29, 0.717) is 24.6 Å². The van der Waals surface area contributed by atoms with Gasteiger partial charge in [0, 0.05) is 21.7 Å². The maximum Gasteiger partial charge on any atom is 0.133 e.